The highest BCUT2D eigenvalue weighted by molar-refractivity contribution is 5.92. The first-order valence-corrected chi connectivity index (χ1v) is 6.09. The summed E-state index contributed by atoms with van der Waals surface area (Å²) in [5.74, 6) is -0.217. The molecule has 0 aliphatic carbocycles. The number of carbonyl (C=O) groups is 1. The summed E-state index contributed by atoms with van der Waals surface area (Å²) in [6.45, 7) is 12.4. The Balaban J connectivity index is 2.36. The van der Waals surface area contributed by atoms with Gasteiger partial charge < -0.3 is 14.7 Å². The third-order valence-electron chi connectivity index (χ3n) is 2.52. The maximum Gasteiger partial charge on any atom is 0.330 e. The molecular weight excluding hydrogens is 258 g/mol. The average Bonchev–Trinajstić information content (AvgIpc) is 2.64. The Labute approximate surface area is 116 Å². The maximum atomic E-state index is 11.8. The molecule has 104 valence electrons. The summed E-state index contributed by atoms with van der Waals surface area (Å²) in [5.41, 5.74) is 0.0423. The number of fused-ring (bicyclic) bond motifs is 1. The molecule has 20 heavy (non-hydrogen) atoms. The van der Waals surface area contributed by atoms with Crippen molar-refractivity contribution in [3.63, 3.8) is 0 Å². The second kappa shape index (κ2) is 4.85. The van der Waals surface area contributed by atoms with Crippen LogP contribution < -0.4 is 0 Å². The van der Waals surface area contributed by atoms with E-state index in [2.05, 4.69) is 9.94 Å². The van der Waals surface area contributed by atoms with Crippen LogP contribution in [0.15, 0.2) is 18.2 Å². The first-order chi connectivity index (χ1) is 9.30. The molecule has 2 aromatic rings. The molecule has 1 aromatic carbocycles. The van der Waals surface area contributed by atoms with Gasteiger partial charge in [-0.3, -0.25) is 0 Å². The van der Waals surface area contributed by atoms with Crippen LogP contribution in [0.1, 0.15) is 20.8 Å². The Morgan fingerprint density at radius 3 is 2.80 bits per heavy atom. The smallest absolute Gasteiger partial charge is 0.330 e. The molecule has 1 aromatic heterocycles. The van der Waals surface area contributed by atoms with Gasteiger partial charge in [0.25, 0.3) is 0 Å². The number of carbonyl (C=O) groups excluding carboxylic acids is 1. The van der Waals surface area contributed by atoms with E-state index in [4.69, 9.17) is 11.3 Å². The predicted molar refractivity (Wildman–Crippen MR) is 73.5 cm³/mol. The fraction of sp³-hybridized carbons (Fsp3) is 0.357. The van der Waals surface area contributed by atoms with E-state index >= 15 is 0 Å². The summed E-state index contributed by atoms with van der Waals surface area (Å²) in [4.78, 5) is 15.1. The van der Waals surface area contributed by atoms with Gasteiger partial charge in [-0.25, -0.2) is 4.79 Å². The fourth-order valence-corrected chi connectivity index (χ4v) is 1.85. The van der Waals surface area contributed by atoms with Crippen LogP contribution in [-0.4, -0.2) is 26.5 Å². The normalized spacial score (nSPS) is 11.3. The lowest BCUT2D eigenvalue weighted by Gasteiger charge is -2.19. The average molecular weight is 273 g/mol. The van der Waals surface area contributed by atoms with Crippen molar-refractivity contribution >= 4 is 22.7 Å². The number of aromatic nitrogens is 2. The van der Waals surface area contributed by atoms with Crippen molar-refractivity contribution in [1.82, 2.24) is 9.78 Å². The van der Waals surface area contributed by atoms with Crippen molar-refractivity contribution in [3.05, 3.63) is 29.6 Å². The number of benzene rings is 1. The second-order valence-corrected chi connectivity index (χ2v) is 5.38. The third kappa shape index (κ3) is 2.88. The van der Waals surface area contributed by atoms with E-state index in [9.17, 15) is 9.90 Å². The molecule has 0 saturated carbocycles. The van der Waals surface area contributed by atoms with Gasteiger partial charge in [0.1, 0.15) is 11.4 Å². The summed E-state index contributed by atoms with van der Waals surface area (Å²) in [7, 11) is 0. The lowest BCUT2D eigenvalue weighted by atomic mass is 10.2. The van der Waals surface area contributed by atoms with Gasteiger partial charge >= 0.3 is 11.8 Å². The number of aromatic hydroxyl groups is 1. The molecule has 2 rings (SSSR count). The van der Waals surface area contributed by atoms with Crippen LogP contribution in [0.5, 0.6) is 5.75 Å². The van der Waals surface area contributed by atoms with E-state index in [1.165, 1.54) is 16.8 Å². The van der Waals surface area contributed by atoms with Crippen molar-refractivity contribution in [2.24, 2.45) is 0 Å². The van der Waals surface area contributed by atoms with E-state index < -0.39 is 11.6 Å². The monoisotopic (exact) mass is 273 g/mol. The molecule has 0 fully saturated rings. The van der Waals surface area contributed by atoms with Gasteiger partial charge in [-0.15, -0.1) is 0 Å². The molecule has 0 aliphatic heterocycles. The Morgan fingerprint density at radius 1 is 1.50 bits per heavy atom. The first kappa shape index (κ1) is 13.9. The van der Waals surface area contributed by atoms with E-state index in [1.807, 2.05) is 0 Å². The molecule has 1 heterocycles. The van der Waals surface area contributed by atoms with Crippen molar-refractivity contribution in [2.75, 3.05) is 0 Å². The number of ether oxygens (including phenoxy) is 1. The molecule has 0 spiro atoms. The van der Waals surface area contributed by atoms with Gasteiger partial charge in [0.15, 0.2) is 6.54 Å². The predicted octanol–water partition coefficient (Wildman–Crippen LogP) is 2.63. The highest BCUT2D eigenvalue weighted by Crippen LogP contribution is 2.28. The van der Waals surface area contributed by atoms with Crippen molar-refractivity contribution < 1.29 is 14.6 Å². The van der Waals surface area contributed by atoms with E-state index in [-0.39, 0.29) is 18.1 Å². The standard InChI is InChI=1S/C14H15N3O3/c1-14(2,3)20-12(19)8-17-11-6-5-9(18)7-10(11)13(15-4)16-17/h5-7,18H,8H2,1-3H3. The lowest BCUT2D eigenvalue weighted by molar-refractivity contribution is -0.155. The molecule has 0 radical (unpaired) electrons. The quantitative estimate of drug-likeness (QED) is 0.674. The van der Waals surface area contributed by atoms with Crippen LogP contribution in [0.25, 0.3) is 15.7 Å². The fourth-order valence-electron chi connectivity index (χ4n) is 1.85. The number of esters is 1. The van der Waals surface area contributed by atoms with Crippen LogP contribution in [0.3, 0.4) is 0 Å². The van der Waals surface area contributed by atoms with Gasteiger partial charge in [-0.2, -0.15) is 4.68 Å². The number of nitrogens with zero attached hydrogens (tertiary/aromatic N) is 3. The minimum Gasteiger partial charge on any atom is -0.508 e. The molecule has 0 saturated heterocycles. The Bertz CT molecular complexity index is 705. The zero-order valence-corrected chi connectivity index (χ0v) is 11.5. The number of phenols is 1. The minimum atomic E-state index is -0.569. The molecule has 0 unspecified atom stereocenters. The Morgan fingerprint density at radius 2 is 2.20 bits per heavy atom. The Kier molecular flexibility index (Phi) is 3.36. The van der Waals surface area contributed by atoms with Crippen LogP contribution >= 0.6 is 0 Å². The Hall–Kier alpha value is -2.55. The highest BCUT2D eigenvalue weighted by Gasteiger charge is 2.20. The maximum absolute atomic E-state index is 11.8. The largest absolute Gasteiger partial charge is 0.508 e. The van der Waals surface area contributed by atoms with Crippen LogP contribution in [-0.2, 0) is 16.1 Å². The molecule has 1 N–H and O–H groups in total. The molecular formula is C14H15N3O3. The summed E-state index contributed by atoms with van der Waals surface area (Å²) < 4.78 is 6.64. The summed E-state index contributed by atoms with van der Waals surface area (Å²) in [6.07, 6.45) is 0. The van der Waals surface area contributed by atoms with Gasteiger partial charge in [0.2, 0.25) is 0 Å². The third-order valence-corrected chi connectivity index (χ3v) is 2.52. The topological polar surface area (TPSA) is 68.7 Å². The minimum absolute atomic E-state index is 0.0548. The number of phenolic OH excluding ortho intramolecular Hbond substituents is 1. The van der Waals surface area contributed by atoms with Crippen LogP contribution in [0.4, 0.5) is 5.82 Å². The van der Waals surface area contributed by atoms with E-state index in [0.29, 0.717) is 10.9 Å². The first-order valence-electron chi connectivity index (χ1n) is 6.09. The van der Waals surface area contributed by atoms with E-state index in [1.54, 1.807) is 26.8 Å². The highest BCUT2D eigenvalue weighted by atomic mass is 16.6. The molecule has 6 nitrogen and oxygen atoms in total. The summed E-state index contributed by atoms with van der Waals surface area (Å²) in [5, 5.41) is 14.0. The summed E-state index contributed by atoms with van der Waals surface area (Å²) >= 11 is 0. The zero-order chi connectivity index (χ0) is 14.9. The molecule has 0 bridgehead atoms. The van der Waals surface area contributed by atoms with Crippen molar-refractivity contribution in [1.29, 1.82) is 0 Å². The molecule has 0 atom stereocenters. The van der Waals surface area contributed by atoms with Crippen molar-refractivity contribution in [2.45, 2.75) is 32.9 Å². The number of rotatable bonds is 2. The van der Waals surface area contributed by atoms with Gasteiger partial charge in [0.05, 0.1) is 5.52 Å². The van der Waals surface area contributed by atoms with Gasteiger partial charge in [-0.1, -0.05) is 6.57 Å². The molecule has 0 aliphatic rings. The number of hydrogen-bond donors (Lipinski definition) is 1. The van der Waals surface area contributed by atoms with Gasteiger partial charge in [-0.05, 0) is 44.1 Å². The zero-order valence-electron chi connectivity index (χ0n) is 11.5. The molecule has 6 heteroatoms. The lowest BCUT2D eigenvalue weighted by Crippen LogP contribution is -2.26. The SMILES string of the molecule is [C-]#[N+]c1nn(CC(=O)OC(C)(C)C)c2ccc(O)cc12. The van der Waals surface area contributed by atoms with Gasteiger partial charge in [0, 0.05) is 5.39 Å². The number of hydrogen-bond acceptors (Lipinski definition) is 4. The second-order valence-electron chi connectivity index (χ2n) is 5.38. The van der Waals surface area contributed by atoms with Crippen LogP contribution in [0, 0.1) is 6.57 Å². The molecule has 0 amide bonds. The summed E-state index contributed by atoms with van der Waals surface area (Å²) in [6, 6.07) is 4.57. The van der Waals surface area contributed by atoms with E-state index in [0.717, 1.165) is 0 Å². The van der Waals surface area contributed by atoms with Crippen molar-refractivity contribution in [3.8, 4) is 5.75 Å². The van der Waals surface area contributed by atoms with Crippen LogP contribution in [0.2, 0.25) is 0 Å².